The van der Waals surface area contributed by atoms with Crippen LogP contribution in [-0.2, 0) is 6.54 Å². The fourth-order valence-electron chi connectivity index (χ4n) is 2.43. The normalized spacial score (nSPS) is 10.9. The lowest BCUT2D eigenvalue weighted by Crippen LogP contribution is -2.11. The van der Waals surface area contributed by atoms with Gasteiger partial charge in [-0.15, -0.1) is 0 Å². The molecule has 2 aromatic heterocycles. The van der Waals surface area contributed by atoms with Gasteiger partial charge in [0.25, 0.3) is 5.91 Å². The number of hydrogen-bond donors (Lipinski definition) is 1. The topological polar surface area (TPSA) is 60.1 Å². The highest BCUT2D eigenvalue weighted by Crippen LogP contribution is 2.23. The first-order valence-electron chi connectivity index (χ1n) is 6.50. The number of anilines is 1. The van der Waals surface area contributed by atoms with E-state index in [-0.39, 0.29) is 11.6 Å². The SMILES string of the molecule is CCn1c(C)cc2cc(NC(=O)c3ccon3)ccc21. The maximum absolute atomic E-state index is 11.9. The van der Waals surface area contributed by atoms with Crippen LogP contribution in [0.4, 0.5) is 5.69 Å². The molecular weight excluding hydrogens is 254 g/mol. The Morgan fingerprint density at radius 2 is 2.20 bits per heavy atom. The van der Waals surface area contributed by atoms with E-state index in [4.69, 9.17) is 0 Å². The van der Waals surface area contributed by atoms with E-state index in [9.17, 15) is 4.79 Å². The standard InChI is InChI=1S/C15H15N3O2/c1-3-18-10(2)8-11-9-12(4-5-14(11)18)16-15(19)13-6-7-20-17-13/h4-9H,3H2,1-2H3,(H,16,19). The van der Waals surface area contributed by atoms with Crippen molar-refractivity contribution in [3.8, 4) is 0 Å². The zero-order valence-corrected chi connectivity index (χ0v) is 11.4. The third kappa shape index (κ3) is 2.07. The van der Waals surface area contributed by atoms with Crippen LogP contribution in [0.25, 0.3) is 10.9 Å². The molecule has 2 heterocycles. The number of nitrogens with zero attached hydrogens (tertiary/aromatic N) is 2. The summed E-state index contributed by atoms with van der Waals surface area (Å²) in [6.07, 6.45) is 1.38. The molecule has 3 rings (SSSR count). The number of nitrogens with one attached hydrogen (secondary N) is 1. The maximum Gasteiger partial charge on any atom is 0.277 e. The molecule has 20 heavy (non-hydrogen) atoms. The summed E-state index contributed by atoms with van der Waals surface area (Å²) in [5.41, 5.74) is 3.40. The highest BCUT2D eigenvalue weighted by Gasteiger charge is 2.10. The van der Waals surface area contributed by atoms with Crippen molar-refractivity contribution in [2.75, 3.05) is 5.32 Å². The van der Waals surface area contributed by atoms with Gasteiger partial charge in [-0.05, 0) is 38.1 Å². The summed E-state index contributed by atoms with van der Waals surface area (Å²) in [6, 6.07) is 9.53. The van der Waals surface area contributed by atoms with Crippen LogP contribution in [0.2, 0.25) is 0 Å². The van der Waals surface area contributed by atoms with Gasteiger partial charge in [0.05, 0.1) is 0 Å². The quantitative estimate of drug-likeness (QED) is 0.794. The molecule has 0 fully saturated rings. The van der Waals surface area contributed by atoms with Gasteiger partial charge in [-0.3, -0.25) is 4.79 Å². The highest BCUT2D eigenvalue weighted by atomic mass is 16.5. The van der Waals surface area contributed by atoms with Gasteiger partial charge in [0.2, 0.25) is 0 Å². The lowest BCUT2D eigenvalue weighted by atomic mass is 10.2. The first kappa shape index (κ1) is 12.5. The van der Waals surface area contributed by atoms with E-state index in [0.717, 1.165) is 17.6 Å². The van der Waals surface area contributed by atoms with Gasteiger partial charge in [-0.1, -0.05) is 5.16 Å². The van der Waals surface area contributed by atoms with Crippen molar-refractivity contribution in [2.45, 2.75) is 20.4 Å². The van der Waals surface area contributed by atoms with Crippen LogP contribution in [0.5, 0.6) is 0 Å². The molecule has 0 radical (unpaired) electrons. The summed E-state index contributed by atoms with van der Waals surface area (Å²) in [7, 11) is 0. The summed E-state index contributed by atoms with van der Waals surface area (Å²) in [5, 5.41) is 7.54. The molecule has 0 unspecified atom stereocenters. The summed E-state index contributed by atoms with van der Waals surface area (Å²) < 4.78 is 6.90. The molecule has 5 nitrogen and oxygen atoms in total. The monoisotopic (exact) mass is 269 g/mol. The lowest BCUT2D eigenvalue weighted by molar-refractivity contribution is 0.101. The van der Waals surface area contributed by atoms with Crippen molar-refractivity contribution in [1.82, 2.24) is 9.72 Å². The number of benzene rings is 1. The summed E-state index contributed by atoms with van der Waals surface area (Å²) in [6.45, 7) is 5.13. The number of amides is 1. The molecule has 0 bridgehead atoms. The highest BCUT2D eigenvalue weighted by molar-refractivity contribution is 6.03. The van der Waals surface area contributed by atoms with Gasteiger partial charge >= 0.3 is 0 Å². The Morgan fingerprint density at radius 3 is 2.90 bits per heavy atom. The smallest absolute Gasteiger partial charge is 0.277 e. The molecule has 0 aliphatic rings. The Balaban J connectivity index is 1.92. The van der Waals surface area contributed by atoms with E-state index in [1.807, 2.05) is 18.2 Å². The number of aryl methyl sites for hydroxylation is 2. The second-order valence-electron chi connectivity index (χ2n) is 4.64. The van der Waals surface area contributed by atoms with E-state index in [1.54, 1.807) is 0 Å². The number of aromatic nitrogens is 2. The molecular formula is C15H15N3O2. The Hall–Kier alpha value is -2.56. The van der Waals surface area contributed by atoms with Gasteiger partial charge in [-0.25, -0.2) is 0 Å². The molecule has 102 valence electrons. The van der Waals surface area contributed by atoms with Crippen LogP contribution in [0, 0.1) is 6.92 Å². The minimum absolute atomic E-state index is 0.271. The number of carbonyl (C=O) groups is 1. The summed E-state index contributed by atoms with van der Waals surface area (Å²) in [4.78, 5) is 11.9. The van der Waals surface area contributed by atoms with E-state index in [2.05, 4.69) is 39.5 Å². The predicted octanol–water partition coefficient (Wildman–Crippen LogP) is 3.21. The molecule has 0 atom stereocenters. The van der Waals surface area contributed by atoms with Gasteiger partial charge in [0.15, 0.2) is 5.69 Å². The molecule has 1 amide bonds. The number of rotatable bonds is 3. The largest absolute Gasteiger partial charge is 0.364 e. The summed E-state index contributed by atoms with van der Waals surface area (Å²) in [5.74, 6) is -0.273. The molecule has 0 aliphatic heterocycles. The number of hydrogen-bond acceptors (Lipinski definition) is 3. The van der Waals surface area contributed by atoms with Crippen LogP contribution in [0.15, 0.2) is 41.1 Å². The van der Waals surface area contributed by atoms with Crippen LogP contribution < -0.4 is 5.32 Å². The molecule has 1 N–H and O–H groups in total. The molecule has 1 aromatic carbocycles. The second-order valence-corrected chi connectivity index (χ2v) is 4.64. The van der Waals surface area contributed by atoms with E-state index < -0.39 is 0 Å². The average molecular weight is 269 g/mol. The Morgan fingerprint density at radius 1 is 1.35 bits per heavy atom. The zero-order valence-electron chi connectivity index (χ0n) is 11.4. The first-order valence-corrected chi connectivity index (χ1v) is 6.50. The van der Waals surface area contributed by atoms with Crippen LogP contribution in [0.1, 0.15) is 23.1 Å². The molecule has 3 aromatic rings. The fraction of sp³-hybridized carbons (Fsp3) is 0.200. The Labute approximate surface area is 116 Å². The summed E-state index contributed by atoms with van der Waals surface area (Å²) >= 11 is 0. The fourth-order valence-corrected chi connectivity index (χ4v) is 2.43. The van der Waals surface area contributed by atoms with Crippen LogP contribution in [0.3, 0.4) is 0 Å². The molecule has 0 saturated heterocycles. The number of fused-ring (bicyclic) bond motifs is 1. The first-order chi connectivity index (χ1) is 9.69. The van der Waals surface area contributed by atoms with Crippen molar-refractivity contribution in [1.29, 1.82) is 0 Å². The van der Waals surface area contributed by atoms with E-state index in [1.165, 1.54) is 23.5 Å². The molecule has 5 heteroatoms. The second kappa shape index (κ2) is 4.85. The third-order valence-corrected chi connectivity index (χ3v) is 3.35. The maximum atomic E-state index is 11.9. The van der Waals surface area contributed by atoms with E-state index in [0.29, 0.717) is 0 Å². The third-order valence-electron chi connectivity index (χ3n) is 3.35. The van der Waals surface area contributed by atoms with Crippen molar-refractivity contribution in [3.63, 3.8) is 0 Å². The molecule has 0 spiro atoms. The van der Waals surface area contributed by atoms with Crippen molar-refractivity contribution in [2.24, 2.45) is 0 Å². The van der Waals surface area contributed by atoms with Gasteiger partial charge in [-0.2, -0.15) is 0 Å². The minimum Gasteiger partial charge on any atom is -0.364 e. The van der Waals surface area contributed by atoms with Crippen molar-refractivity contribution < 1.29 is 9.32 Å². The Kier molecular flexibility index (Phi) is 3.02. The predicted molar refractivity (Wildman–Crippen MR) is 76.8 cm³/mol. The molecule has 0 saturated carbocycles. The van der Waals surface area contributed by atoms with Crippen LogP contribution >= 0.6 is 0 Å². The van der Waals surface area contributed by atoms with Crippen LogP contribution in [-0.4, -0.2) is 15.6 Å². The van der Waals surface area contributed by atoms with E-state index >= 15 is 0 Å². The zero-order chi connectivity index (χ0) is 14.1. The lowest BCUT2D eigenvalue weighted by Gasteiger charge is -2.06. The molecule has 0 aliphatic carbocycles. The minimum atomic E-state index is -0.273. The van der Waals surface area contributed by atoms with Crippen molar-refractivity contribution >= 4 is 22.5 Å². The van der Waals surface area contributed by atoms with Crippen molar-refractivity contribution in [3.05, 3.63) is 48.0 Å². The van der Waals surface area contributed by atoms with Gasteiger partial charge in [0, 0.05) is 34.9 Å². The van der Waals surface area contributed by atoms with Gasteiger partial charge in [0.1, 0.15) is 6.26 Å². The Bertz CT molecular complexity index is 757. The number of carbonyl (C=O) groups excluding carboxylic acids is 1. The van der Waals surface area contributed by atoms with Gasteiger partial charge < -0.3 is 14.4 Å². The average Bonchev–Trinajstić information content (AvgIpc) is 3.04.